The van der Waals surface area contributed by atoms with Gasteiger partial charge in [-0.1, -0.05) is 6.07 Å². The van der Waals surface area contributed by atoms with E-state index in [1.807, 2.05) is 0 Å². The summed E-state index contributed by atoms with van der Waals surface area (Å²) in [7, 11) is -7.16. The number of carbonyl (C=O) groups is 1. The summed E-state index contributed by atoms with van der Waals surface area (Å²) in [4.78, 5) is 12.4. The van der Waals surface area contributed by atoms with Gasteiger partial charge in [0.15, 0.2) is 0 Å². The highest BCUT2D eigenvalue weighted by Crippen LogP contribution is 2.20. The van der Waals surface area contributed by atoms with Crippen molar-refractivity contribution in [3.63, 3.8) is 0 Å². The van der Waals surface area contributed by atoms with Gasteiger partial charge in [-0.15, -0.1) is 0 Å². The fourth-order valence-electron chi connectivity index (χ4n) is 3.32. The van der Waals surface area contributed by atoms with Crippen molar-refractivity contribution in [2.75, 3.05) is 30.6 Å². The Labute approximate surface area is 181 Å². The Bertz CT molecular complexity index is 1140. The fourth-order valence-corrected chi connectivity index (χ4v) is 5.30. The maximum absolute atomic E-state index is 13.0. The molecule has 0 bridgehead atoms. The first-order chi connectivity index (χ1) is 14.5. The summed E-state index contributed by atoms with van der Waals surface area (Å²) >= 11 is 0. The first-order valence-electron chi connectivity index (χ1n) is 9.66. The number of rotatable bonds is 7. The first-order valence-corrected chi connectivity index (χ1v) is 13.0. The Hall–Kier alpha value is -2.50. The van der Waals surface area contributed by atoms with E-state index >= 15 is 0 Å². The molecule has 1 heterocycles. The average molecular weight is 470 g/mol. The van der Waals surface area contributed by atoms with Crippen molar-refractivity contribution in [3.8, 4) is 0 Å². The molecule has 3 rings (SSSR count). The van der Waals surface area contributed by atoms with Crippen molar-refractivity contribution in [2.24, 2.45) is 5.92 Å². The van der Waals surface area contributed by atoms with Gasteiger partial charge >= 0.3 is 0 Å². The number of carbonyl (C=O) groups excluding carboxylic acids is 1. The van der Waals surface area contributed by atoms with Crippen LogP contribution in [0.2, 0.25) is 0 Å². The smallest absolute Gasteiger partial charge is 0.261 e. The second-order valence-corrected chi connectivity index (χ2v) is 11.1. The molecule has 1 fully saturated rings. The summed E-state index contributed by atoms with van der Waals surface area (Å²) in [6, 6.07) is 10.5. The van der Waals surface area contributed by atoms with Crippen molar-refractivity contribution in [3.05, 3.63) is 59.9 Å². The molecule has 0 aromatic heterocycles. The summed E-state index contributed by atoms with van der Waals surface area (Å²) in [5.41, 5.74) is 0.396. The molecule has 1 aliphatic rings. The molecular formula is C20H24FN3O5S2. The highest BCUT2D eigenvalue weighted by molar-refractivity contribution is 7.92. The van der Waals surface area contributed by atoms with Crippen LogP contribution in [-0.4, -0.2) is 52.9 Å². The number of nitrogens with zero attached hydrogens (tertiary/aromatic N) is 1. The lowest BCUT2D eigenvalue weighted by atomic mass is 9.98. The molecule has 168 valence electrons. The number of amides is 1. The minimum Gasteiger partial charge on any atom is -0.352 e. The minimum atomic E-state index is -3.95. The van der Waals surface area contributed by atoms with E-state index in [0.29, 0.717) is 32.5 Å². The van der Waals surface area contributed by atoms with Crippen LogP contribution in [0.3, 0.4) is 0 Å². The molecule has 0 radical (unpaired) electrons. The molecule has 0 saturated carbocycles. The summed E-state index contributed by atoms with van der Waals surface area (Å²) in [6.45, 7) is 1.21. The predicted octanol–water partition coefficient (Wildman–Crippen LogP) is 2.03. The molecule has 2 aromatic carbocycles. The highest BCUT2D eigenvalue weighted by Gasteiger charge is 2.25. The van der Waals surface area contributed by atoms with Crippen molar-refractivity contribution < 1.29 is 26.0 Å². The zero-order valence-electron chi connectivity index (χ0n) is 16.9. The van der Waals surface area contributed by atoms with E-state index in [1.165, 1.54) is 47.0 Å². The van der Waals surface area contributed by atoms with E-state index in [9.17, 15) is 26.0 Å². The van der Waals surface area contributed by atoms with Crippen LogP contribution in [-0.2, 0) is 20.0 Å². The molecule has 8 nitrogen and oxygen atoms in total. The van der Waals surface area contributed by atoms with Gasteiger partial charge in [-0.2, -0.15) is 0 Å². The zero-order chi connectivity index (χ0) is 22.6. The Morgan fingerprint density at radius 3 is 2.32 bits per heavy atom. The summed E-state index contributed by atoms with van der Waals surface area (Å²) in [6.07, 6.45) is 2.47. The molecule has 0 spiro atoms. The van der Waals surface area contributed by atoms with Crippen molar-refractivity contribution in [2.45, 2.75) is 17.7 Å². The van der Waals surface area contributed by atoms with Crippen LogP contribution < -0.4 is 10.0 Å². The van der Waals surface area contributed by atoms with Gasteiger partial charge < -0.3 is 5.32 Å². The van der Waals surface area contributed by atoms with Gasteiger partial charge in [0.25, 0.3) is 15.9 Å². The van der Waals surface area contributed by atoms with Gasteiger partial charge in [0.05, 0.1) is 11.2 Å². The molecule has 1 amide bonds. The maximum Gasteiger partial charge on any atom is 0.261 e. The second kappa shape index (κ2) is 9.33. The number of hydrogen-bond acceptors (Lipinski definition) is 5. The van der Waals surface area contributed by atoms with Crippen LogP contribution in [0.5, 0.6) is 0 Å². The highest BCUT2D eigenvalue weighted by atomic mass is 32.2. The van der Waals surface area contributed by atoms with Crippen LogP contribution in [0.25, 0.3) is 0 Å². The Kier molecular flexibility index (Phi) is 6.97. The second-order valence-electron chi connectivity index (χ2n) is 7.46. The van der Waals surface area contributed by atoms with E-state index in [0.717, 1.165) is 12.1 Å². The van der Waals surface area contributed by atoms with Gasteiger partial charge in [-0.3, -0.25) is 9.52 Å². The largest absolute Gasteiger partial charge is 0.352 e. The number of hydrogen-bond donors (Lipinski definition) is 2. The molecule has 1 saturated heterocycles. The third kappa shape index (κ3) is 6.25. The summed E-state index contributed by atoms with van der Waals surface area (Å²) in [5.74, 6) is -0.748. The third-order valence-electron chi connectivity index (χ3n) is 5.10. The van der Waals surface area contributed by atoms with Crippen LogP contribution in [0.4, 0.5) is 10.1 Å². The van der Waals surface area contributed by atoms with Crippen molar-refractivity contribution in [1.82, 2.24) is 9.62 Å². The van der Waals surface area contributed by atoms with E-state index in [2.05, 4.69) is 10.0 Å². The van der Waals surface area contributed by atoms with Gasteiger partial charge in [-0.05, 0) is 61.2 Å². The minimum absolute atomic E-state index is 0.0917. The lowest BCUT2D eigenvalue weighted by Crippen LogP contribution is -2.41. The normalized spacial score (nSPS) is 16.1. The number of halogens is 1. The number of benzene rings is 2. The van der Waals surface area contributed by atoms with Gasteiger partial charge in [0.1, 0.15) is 5.82 Å². The zero-order valence-corrected chi connectivity index (χ0v) is 18.5. The molecule has 1 aliphatic heterocycles. The predicted molar refractivity (Wildman–Crippen MR) is 115 cm³/mol. The van der Waals surface area contributed by atoms with E-state index < -0.39 is 31.8 Å². The van der Waals surface area contributed by atoms with Crippen LogP contribution in [0.15, 0.2) is 53.4 Å². The van der Waals surface area contributed by atoms with Crippen molar-refractivity contribution in [1.29, 1.82) is 0 Å². The molecule has 0 unspecified atom stereocenters. The molecule has 2 aromatic rings. The van der Waals surface area contributed by atoms with Gasteiger partial charge in [0, 0.05) is 30.9 Å². The van der Waals surface area contributed by atoms with Crippen molar-refractivity contribution >= 4 is 31.6 Å². The maximum atomic E-state index is 13.0. The topological polar surface area (TPSA) is 113 Å². The van der Waals surface area contributed by atoms with E-state index in [-0.39, 0.29) is 22.1 Å². The molecule has 31 heavy (non-hydrogen) atoms. The van der Waals surface area contributed by atoms with Crippen LogP contribution in [0.1, 0.15) is 23.2 Å². The van der Waals surface area contributed by atoms with Gasteiger partial charge in [0.2, 0.25) is 10.0 Å². The summed E-state index contributed by atoms with van der Waals surface area (Å²) < 4.78 is 65.1. The monoisotopic (exact) mass is 469 g/mol. The average Bonchev–Trinajstić information content (AvgIpc) is 2.73. The fraction of sp³-hybridized carbons (Fsp3) is 0.350. The number of nitrogens with one attached hydrogen (secondary N) is 2. The number of anilines is 1. The number of piperidine rings is 1. The van der Waals surface area contributed by atoms with Crippen LogP contribution in [0, 0.1) is 11.7 Å². The van der Waals surface area contributed by atoms with Crippen LogP contribution >= 0.6 is 0 Å². The molecule has 2 N–H and O–H groups in total. The molecular weight excluding hydrogens is 445 g/mol. The van der Waals surface area contributed by atoms with Gasteiger partial charge in [-0.25, -0.2) is 25.5 Å². The van der Waals surface area contributed by atoms with E-state index in [4.69, 9.17) is 0 Å². The molecule has 0 atom stereocenters. The Morgan fingerprint density at radius 1 is 1.06 bits per heavy atom. The quantitative estimate of drug-likeness (QED) is 0.644. The standard InChI is InChI=1S/C20H24FN3O5S2/c1-30(26,27)24-11-9-15(10-12-24)14-22-20(25)16-3-2-4-19(13-16)31(28,29)23-18-7-5-17(21)6-8-18/h2-8,13,15,23H,9-12,14H2,1H3,(H,22,25). The third-order valence-corrected chi connectivity index (χ3v) is 7.78. The lowest BCUT2D eigenvalue weighted by Gasteiger charge is -2.30. The number of sulfonamides is 2. The lowest BCUT2D eigenvalue weighted by molar-refractivity contribution is 0.0941. The molecule has 0 aliphatic carbocycles. The first kappa shape index (κ1) is 23.2. The molecule has 11 heteroatoms. The summed E-state index contributed by atoms with van der Waals surface area (Å²) in [5, 5.41) is 2.79. The Balaban J connectivity index is 1.60. The van der Waals surface area contributed by atoms with E-state index in [1.54, 1.807) is 0 Å². The SMILES string of the molecule is CS(=O)(=O)N1CCC(CNC(=O)c2cccc(S(=O)(=O)Nc3ccc(F)cc3)c2)CC1. The Morgan fingerprint density at radius 2 is 1.71 bits per heavy atom.